The molecule has 0 saturated carbocycles. The van der Waals surface area contributed by atoms with Crippen molar-refractivity contribution in [1.82, 2.24) is 0 Å². The highest BCUT2D eigenvalue weighted by molar-refractivity contribution is 6.32. The average molecular weight is 432 g/mol. The Labute approximate surface area is 175 Å². The standard InChI is InChI=1S/C20H18ClN3O6/c1-10-13(3-2-4-15(10)21)18(26)19-17(24-20(22)27)14-6-5-12(7-16(14)30-19)29-9-11(25)8-23-28/h2-7,11,25H,8-9H2,1H3,(H3,22,24,27). The van der Waals surface area contributed by atoms with Gasteiger partial charge in [-0.15, -0.1) is 0 Å². The van der Waals surface area contributed by atoms with Gasteiger partial charge >= 0.3 is 6.03 Å². The second kappa shape index (κ2) is 8.93. The number of carbonyl (C=O) groups is 2. The van der Waals surface area contributed by atoms with Crippen LogP contribution in [0.2, 0.25) is 5.02 Å². The van der Waals surface area contributed by atoms with Gasteiger partial charge in [-0.05, 0) is 30.7 Å². The van der Waals surface area contributed by atoms with Crippen molar-refractivity contribution >= 4 is 40.1 Å². The van der Waals surface area contributed by atoms with Gasteiger partial charge in [0.25, 0.3) is 0 Å². The van der Waals surface area contributed by atoms with E-state index in [9.17, 15) is 19.6 Å². The third-order valence-electron chi connectivity index (χ3n) is 4.36. The summed E-state index contributed by atoms with van der Waals surface area (Å²) >= 11 is 6.12. The number of aliphatic hydroxyl groups excluding tert-OH is 1. The van der Waals surface area contributed by atoms with Crippen LogP contribution in [-0.4, -0.2) is 36.2 Å². The van der Waals surface area contributed by atoms with Crippen LogP contribution in [0, 0.1) is 11.8 Å². The molecule has 3 aromatic rings. The van der Waals surface area contributed by atoms with E-state index in [4.69, 9.17) is 26.5 Å². The number of ether oxygens (including phenoxy) is 1. The molecule has 4 N–H and O–H groups in total. The number of nitrogens with one attached hydrogen (secondary N) is 1. The van der Waals surface area contributed by atoms with Crippen molar-refractivity contribution in [1.29, 1.82) is 0 Å². The molecule has 0 fully saturated rings. The zero-order chi connectivity index (χ0) is 21.8. The Morgan fingerprint density at radius 2 is 2.10 bits per heavy atom. The summed E-state index contributed by atoms with van der Waals surface area (Å²) in [6.07, 6.45) is -1.05. The van der Waals surface area contributed by atoms with Crippen LogP contribution in [0.15, 0.2) is 46.0 Å². The number of hydrogen-bond donors (Lipinski definition) is 3. The molecule has 1 atom stereocenters. The normalized spacial score (nSPS) is 11.8. The second-order valence-electron chi connectivity index (χ2n) is 6.47. The molecular weight excluding hydrogens is 414 g/mol. The number of amides is 2. The average Bonchev–Trinajstić information content (AvgIpc) is 3.05. The largest absolute Gasteiger partial charge is 0.491 e. The van der Waals surface area contributed by atoms with Gasteiger partial charge in [0.05, 0.1) is 0 Å². The number of ketones is 1. The molecule has 0 bridgehead atoms. The summed E-state index contributed by atoms with van der Waals surface area (Å²) in [6.45, 7) is 1.25. The Hall–Kier alpha value is -3.43. The number of halogens is 1. The maximum atomic E-state index is 13.1. The van der Waals surface area contributed by atoms with E-state index in [0.29, 0.717) is 27.3 Å². The molecule has 10 heteroatoms. The Kier molecular flexibility index (Phi) is 6.34. The molecule has 0 spiro atoms. The Morgan fingerprint density at radius 3 is 2.80 bits per heavy atom. The van der Waals surface area contributed by atoms with E-state index in [1.54, 1.807) is 37.3 Å². The first-order valence-electron chi connectivity index (χ1n) is 8.84. The first-order valence-corrected chi connectivity index (χ1v) is 9.22. The Balaban J connectivity index is 2.02. The topological polar surface area (TPSA) is 144 Å². The van der Waals surface area contributed by atoms with Crippen molar-refractivity contribution < 1.29 is 23.8 Å². The van der Waals surface area contributed by atoms with Gasteiger partial charge in [-0.2, -0.15) is 4.91 Å². The SMILES string of the molecule is Cc1c(Cl)cccc1C(=O)c1oc2cc(OCC(O)CN=O)ccc2c1NC(N)=O. The number of nitrogens with zero attached hydrogens (tertiary/aromatic N) is 1. The van der Waals surface area contributed by atoms with Gasteiger partial charge in [-0.3, -0.25) is 4.79 Å². The van der Waals surface area contributed by atoms with Gasteiger partial charge in [0.2, 0.25) is 5.78 Å². The summed E-state index contributed by atoms with van der Waals surface area (Å²) in [7, 11) is 0. The number of aliphatic hydroxyl groups is 1. The minimum atomic E-state index is -1.05. The van der Waals surface area contributed by atoms with E-state index in [1.165, 1.54) is 6.07 Å². The minimum absolute atomic E-state index is 0.114. The fourth-order valence-electron chi connectivity index (χ4n) is 2.88. The number of urea groups is 1. The van der Waals surface area contributed by atoms with Crippen molar-refractivity contribution in [3.63, 3.8) is 0 Å². The van der Waals surface area contributed by atoms with Crippen LogP contribution < -0.4 is 15.8 Å². The highest BCUT2D eigenvalue weighted by Crippen LogP contribution is 2.35. The van der Waals surface area contributed by atoms with E-state index in [2.05, 4.69) is 10.5 Å². The molecular formula is C20H18ClN3O6. The van der Waals surface area contributed by atoms with Gasteiger partial charge < -0.3 is 25.3 Å². The lowest BCUT2D eigenvalue weighted by Crippen LogP contribution is -2.20. The molecule has 1 aromatic heterocycles. The minimum Gasteiger partial charge on any atom is -0.491 e. The van der Waals surface area contributed by atoms with Crippen LogP contribution in [-0.2, 0) is 0 Å². The summed E-state index contributed by atoms with van der Waals surface area (Å²) in [4.78, 5) is 34.8. The number of nitrogens with two attached hydrogens (primary N) is 1. The summed E-state index contributed by atoms with van der Waals surface area (Å²) in [5, 5.41) is 15.4. The molecule has 2 amide bonds. The number of primary amides is 1. The molecule has 1 heterocycles. The summed E-state index contributed by atoms with van der Waals surface area (Å²) < 4.78 is 11.1. The van der Waals surface area contributed by atoms with Gasteiger partial charge in [-0.25, -0.2) is 4.79 Å². The molecule has 0 aliphatic heterocycles. The number of nitroso groups, excluding NO2 is 1. The maximum absolute atomic E-state index is 13.1. The van der Waals surface area contributed by atoms with Crippen molar-refractivity contribution in [2.45, 2.75) is 13.0 Å². The lowest BCUT2D eigenvalue weighted by molar-refractivity contribution is 0.101. The van der Waals surface area contributed by atoms with E-state index in [-0.39, 0.29) is 30.2 Å². The molecule has 3 rings (SSSR count). The van der Waals surface area contributed by atoms with Crippen LogP contribution in [0.4, 0.5) is 10.5 Å². The number of carbonyl (C=O) groups excluding carboxylic acids is 2. The summed E-state index contributed by atoms with van der Waals surface area (Å²) in [5.74, 6) is -0.272. The smallest absolute Gasteiger partial charge is 0.316 e. The van der Waals surface area contributed by atoms with Crippen LogP contribution in [0.25, 0.3) is 11.0 Å². The van der Waals surface area contributed by atoms with Gasteiger partial charge in [0, 0.05) is 22.0 Å². The van der Waals surface area contributed by atoms with Crippen molar-refractivity contribution in [3.8, 4) is 5.75 Å². The predicted molar refractivity (Wildman–Crippen MR) is 111 cm³/mol. The van der Waals surface area contributed by atoms with Gasteiger partial charge in [0.1, 0.15) is 36.3 Å². The lowest BCUT2D eigenvalue weighted by Gasteiger charge is -2.09. The number of anilines is 1. The monoisotopic (exact) mass is 431 g/mol. The summed E-state index contributed by atoms with van der Waals surface area (Å²) in [6, 6.07) is 8.66. The number of furan rings is 1. The third kappa shape index (κ3) is 4.42. The molecule has 2 aromatic carbocycles. The van der Waals surface area contributed by atoms with Crippen molar-refractivity contribution in [3.05, 3.63) is 63.2 Å². The van der Waals surface area contributed by atoms with Crippen LogP contribution in [0.3, 0.4) is 0 Å². The first-order chi connectivity index (χ1) is 14.3. The molecule has 0 aliphatic carbocycles. The molecule has 0 saturated heterocycles. The molecule has 9 nitrogen and oxygen atoms in total. The highest BCUT2D eigenvalue weighted by Gasteiger charge is 2.25. The fourth-order valence-corrected chi connectivity index (χ4v) is 3.06. The van der Waals surface area contributed by atoms with E-state index < -0.39 is 17.9 Å². The van der Waals surface area contributed by atoms with E-state index in [0.717, 1.165) is 0 Å². The van der Waals surface area contributed by atoms with Crippen LogP contribution >= 0.6 is 11.6 Å². The first kappa shape index (κ1) is 21.3. The van der Waals surface area contributed by atoms with E-state index >= 15 is 0 Å². The Morgan fingerprint density at radius 1 is 1.33 bits per heavy atom. The predicted octanol–water partition coefficient (Wildman–Crippen LogP) is 3.62. The Bertz CT molecular complexity index is 1130. The number of fused-ring (bicyclic) bond motifs is 1. The number of benzene rings is 2. The van der Waals surface area contributed by atoms with Crippen LogP contribution in [0.1, 0.15) is 21.7 Å². The lowest BCUT2D eigenvalue weighted by atomic mass is 10.0. The molecule has 30 heavy (non-hydrogen) atoms. The molecule has 0 aliphatic rings. The second-order valence-corrected chi connectivity index (χ2v) is 6.88. The number of rotatable bonds is 8. The van der Waals surface area contributed by atoms with E-state index in [1.807, 2.05) is 0 Å². The van der Waals surface area contributed by atoms with Crippen LogP contribution in [0.5, 0.6) is 5.75 Å². The quantitative estimate of drug-likeness (QED) is 0.367. The number of hydrogen-bond acceptors (Lipinski definition) is 7. The molecule has 1 unspecified atom stereocenters. The maximum Gasteiger partial charge on any atom is 0.316 e. The highest BCUT2D eigenvalue weighted by atomic mass is 35.5. The third-order valence-corrected chi connectivity index (χ3v) is 4.77. The zero-order valence-corrected chi connectivity index (χ0v) is 16.6. The van der Waals surface area contributed by atoms with Crippen molar-refractivity contribution in [2.75, 3.05) is 18.5 Å². The molecule has 156 valence electrons. The van der Waals surface area contributed by atoms with Crippen molar-refractivity contribution in [2.24, 2.45) is 10.9 Å². The van der Waals surface area contributed by atoms with Gasteiger partial charge in [0.15, 0.2) is 5.76 Å². The van der Waals surface area contributed by atoms with Gasteiger partial charge in [-0.1, -0.05) is 28.9 Å². The fraction of sp³-hybridized carbons (Fsp3) is 0.200. The summed E-state index contributed by atoms with van der Waals surface area (Å²) in [5.41, 5.74) is 6.52. The zero-order valence-electron chi connectivity index (χ0n) is 15.8. The molecule has 0 radical (unpaired) electrons.